The highest BCUT2D eigenvalue weighted by Crippen LogP contribution is 2.32. The van der Waals surface area contributed by atoms with Crippen molar-refractivity contribution in [2.45, 2.75) is 18.4 Å². The first kappa shape index (κ1) is 13.0. The van der Waals surface area contributed by atoms with Crippen molar-refractivity contribution in [3.8, 4) is 0 Å². The van der Waals surface area contributed by atoms with Crippen molar-refractivity contribution in [1.82, 2.24) is 0 Å². The Hall–Kier alpha value is -1.47. The van der Waals surface area contributed by atoms with Crippen LogP contribution >= 0.6 is 0 Å². The zero-order valence-corrected chi connectivity index (χ0v) is 10.5. The normalized spacial score (nSPS) is 21.4. The second kappa shape index (κ2) is 4.33. The quantitative estimate of drug-likeness (QED) is 0.636. The van der Waals surface area contributed by atoms with Gasteiger partial charge < -0.3 is 5.73 Å². The van der Waals surface area contributed by atoms with Crippen molar-refractivity contribution in [3.63, 3.8) is 0 Å². The summed E-state index contributed by atoms with van der Waals surface area (Å²) in [5.74, 6) is 0.140. The lowest BCUT2D eigenvalue weighted by molar-refractivity contribution is -0.384. The van der Waals surface area contributed by atoms with Crippen molar-refractivity contribution in [1.29, 1.82) is 0 Å². The molecule has 0 saturated carbocycles. The minimum Gasteiger partial charge on any atom is -0.321 e. The van der Waals surface area contributed by atoms with Gasteiger partial charge in [0.25, 0.3) is 5.69 Å². The summed E-state index contributed by atoms with van der Waals surface area (Å²) in [5.41, 5.74) is 6.26. The van der Waals surface area contributed by atoms with Gasteiger partial charge in [-0.1, -0.05) is 12.1 Å². The largest absolute Gasteiger partial charge is 0.321 e. The predicted molar refractivity (Wildman–Crippen MR) is 66.8 cm³/mol. The van der Waals surface area contributed by atoms with E-state index in [4.69, 9.17) is 5.73 Å². The molecule has 0 unspecified atom stereocenters. The van der Waals surface area contributed by atoms with Crippen LogP contribution in [0.1, 0.15) is 18.4 Å². The molecule has 2 rings (SSSR count). The van der Waals surface area contributed by atoms with Crippen LogP contribution in [0.5, 0.6) is 0 Å². The molecule has 98 valence electrons. The number of non-ortho nitro benzene ring substituents is 1. The molecule has 2 N–H and O–H groups in total. The van der Waals surface area contributed by atoms with Gasteiger partial charge in [-0.05, 0) is 18.4 Å². The maximum absolute atomic E-state index is 11.4. The molecule has 0 atom stereocenters. The van der Waals surface area contributed by atoms with Crippen LogP contribution in [0.3, 0.4) is 0 Å². The van der Waals surface area contributed by atoms with E-state index < -0.39 is 20.3 Å². The van der Waals surface area contributed by atoms with E-state index in [0.29, 0.717) is 12.8 Å². The Kier molecular flexibility index (Phi) is 3.12. The minimum absolute atomic E-state index is 0.00535. The first-order valence-electron chi connectivity index (χ1n) is 5.57. The van der Waals surface area contributed by atoms with Gasteiger partial charge in [-0.3, -0.25) is 10.1 Å². The zero-order valence-electron chi connectivity index (χ0n) is 9.70. The van der Waals surface area contributed by atoms with E-state index in [1.165, 1.54) is 12.1 Å². The maximum atomic E-state index is 11.4. The number of sulfone groups is 1. The third kappa shape index (κ3) is 2.51. The smallest absolute Gasteiger partial charge is 0.269 e. The van der Waals surface area contributed by atoms with Gasteiger partial charge in [0.1, 0.15) is 9.84 Å². The lowest BCUT2D eigenvalue weighted by Gasteiger charge is -2.33. The van der Waals surface area contributed by atoms with E-state index in [0.717, 1.165) is 5.56 Å². The fourth-order valence-corrected chi connectivity index (χ4v) is 3.66. The molecule has 1 heterocycles. The van der Waals surface area contributed by atoms with E-state index in [1.807, 2.05) is 0 Å². The number of nitrogens with zero attached hydrogens (tertiary/aromatic N) is 1. The Morgan fingerprint density at radius 3 is 2.11 bits per heavy atom. The Morgan fingerprint density at radius 1 is 1.17 bits per heavy atom. The Labute approximate surface area is 105 Å². The van der Waals surface area contributed by atoms with Crippen molar-refractivity contribution < 1.29 is 13.3 Å². The molecule has 1 fully saturated rings. The van der Waals surface area contributed by atoms with Crippen LogP contribution in [-0.2, 0) is 15.4 Å². The van der Waals surface area contributed by atoms with Gasteiger partial charge in [0.05, 0.1) is 16.4 Å². The zero-order chi connectivity index (χ0) is 13.4. The third-order valence-corrected chi connectivity index (χ3v) is 5.02. The third-order valence-electron chi connectivity index (χ3n) is 3.37. The predicted octanol–water partition coefficient (Wildman–Crippen LogP) is 0.957. The molecule has 0 aliphatic carbocycles. The lowest BCUT2D eigenvalue weighted by Crippen LogP contribution is -2.44. The van der Waals surface area contributed by atoms with E-state index in [1.54, 1.807) is 12.1 Å². The number of nitrogens with two attached hydrogens (primary N) is 1. The molecule has 0 spiro atoms. The SMILES string of the molecule is NC1(c2ccc([N+](=O)[O-])cc2)CCS(=O)(=O)CC1. The highest BCUT2D eigenvalue weighted by Gasteiger charge is 2.35. The van der Waals surface area contributed by atoms with Crippen LogP contribution in [0.15, 0.2) is 24.3 Å². The molecular formula is C11H14N2O4S. The monoisotopic (exact) mass is 270 g/mol. The number of nitro groups is 1. The van der Waals surface area contributed by atoms with Gasteiger partial charge in [0, 0.05) is 17.7 Å². The Bertz CT molecular complexity index is 551. The first-order chi connectivity index (χ1) is 8.32. The molecule has 0 amide bonds. The molecule has 0 bridgehead atoms. The highest BCUT2D eigenvalue weighted by molar-refractivity contribution is 7.91. The summed E-state index contributed by atoms with van der Waals surface area (Å²) in [6.45, 7) is 0. The number of rotatable bonds is 2. The first-order valence-corrected chi connectivity index (χ1v) is 7.39. The summed E-state index contributed by atoms with van der Waals surface area (Å²) in [4.78, 5) is 10.1. The summed E-state index contributed by atoms with van der Waals surface area (Å²) in [5, 5.41) is 10.5. The van der Waals surface area contributed by atoms with Crippen LogP contribution < -0.4 is 5.73 Å². The maximum Gasteiger partial charge on any atom is 0.269 e. The summed E-state index contributed by atoms with van der Waals surface area (Å²) in [7, 11) is -2.97. The summed E-state index contributed by atoms with van der Waals surface area (Å²) >= 11 is 0. The molecular weight excluding hydrogens is 256 g/mol. The van der Waals surface area contributed by atoms with Crippen LogP contribution in [0, 0.1) is 10.1 Å². The molecule has 0 aromatic heterocycles. The van der Waals surface area contributed by atoms with Crippen LogP contribution in [0.2, 0.25) is 0 Å². The van der Waals surface area contributed by atoms with Gasteiger partial charge in [-0.2, -0.15) is 0 Å². The average Bonchev–Trinajstić information content (AvgIpc) is 2.34. The fraction of sp³-hybridized carbons (Fsp3) is 0.455. The standard InChI is InChI=1S/C11H14N2O4S/c12-11(5-7-18(16,17)8-6-11)9-1-3-10(4-2-9)13(14)15/h1-4H,5-8,12H2. The van der Waals surface area contributed by atoms with Crippen molar-refractivity contribution in [2.24, 2.45) is 5.73 Å². The fourth-order valence-electron chi connectivity index (χ4n) is 2.11. The average molecular weight is 270 g/mol. The van der Waals surface area contributed by atoms with E-state index in [2.05, 4.69) is 0 Å². The second-order valence-electron chi connectivity index (χ2n) is 4.61. The number of benzene rings is 1. The van der Waals surface area contributed by atoms with Gasteiger partial charge >= 0.3 is 0 Å². The Morgan fingerprint density at radius 2 is 1.67 bits per heavy atom. The molecule has 1 aromatic rings. The number of hydrogen-bond acceptors (Lipinski definition) is 5. The number of nitro benzene ring substituents is 1. The number of hydrogen-bond donors (Lipinski definition) is 1. The van der Waals surface area contributed by atoms with Gasteiger partial charge in [-0.15, -0.1) is 0 Å². The van der Waals surface area contributed by atoms with Crippen LogP contribution in [-0.4, -0.2) is 24.8 Å². The molecule has 1 saturated heterocycles. The molecule has 1 aliphatic heterocycles. The molecule has 0 radical (unpaired) electrons. The highest BCUT2D eigenvalue weighted by atomic mass is 32.2. The van der Waals surface area contributed by atoms with Crippen molar-refractivity contribution >= 4 is 15.5 Å². The summed E-state index contributed by atoms with van der Waals surface area (Å²) in [6, 6.07) is 6.01. The minimum atomic E-state index is -2.97. The molecule has 18 heavy (non-hydrogen) atoms. The van der Waals surface area contributed by atoms with Crippen LogP contribution in [0.4, 0.5) is 5.69 Å². The van der Waals surface area contributed by atoms with Crippen molar-refractivity contribution in [3.05, 3.63) is 39.9 Å². The second-order valence-corrected chi connectivity index (χ2v) is 6.92. The lowest BCUT2D eigenvalue weighted by atomic mass is 9.85. The molecule has 1 aliphatic rings. The molecule has 7 heteroatoms. The van der Waals surface area contributed by atoms with E-state index in [9.17, 15) is 18.5 Å². The van der Waals surface area contributed by atoms with Crippen molar-refractivity contribution in [2.75, 3.05) is 11.5 Å². The summed E-state index contributed by atoms with van der Waals surface area (Å²) < 4.78 is 22.7. The van der Waals surface area contributed by atoms with Crippen LogP contribution in [0.25, 0.3) is 0 Å². The molecule has 6 nitrogen and oxygen atoms in total. The molecule has 1 aromatic carbocycles. The van der Waals surface area contributed by atoms with E-state index in [-0.39, 0.29) is 17.2 Å². The van der Waals surface area contributed by atoms with Gasteiger partial charge in [0.2, 0.25) is 0 Å². The van der Waals surface area contributed by atoms with Gasteiger partial charge in [-0.25, -0.2) is 8.42 Å². The van der Waals surface area contributed by atoms with E-state index >= 15 is 0 Å². The topological polar surface area (TPSA) is 103 Å². The Balaban J connectivity index is 2.23. The van der Waals surface area contributed by atoms with Gasteiger partial charge in [0.15, 0.2) is 0 Å². The summed E-state index contributed by atoms with van der Waals surface area (Å²) in [6.07, 6.45) is 0.709.